The lowest BCUT2D eigenvalue weighted by molar-refractivity contribution is 0.0858. The van der Waals surface area contributed by atoms with Gasteiger partial charge in [-0.1, -0.05) is 6.42 Å². The lowest BCUT2D eigenvalue weighted by Crippen LogP contribution is -2.45. The fourth-order valence-electron chi connectivity index (χ4n) is 2.57. The van der Waals surface area contributed by atoms with Crippen LogP contribution in [-0.4, -0.2) is 42.7 Å². The van der Waals surface area contributed by atoms with Crippen molar-refractivity contribution >= 4 is 15.9 Å². The normalized spacial score (nSPS) is 25.4. The van der Waals surface area contributed by atoms with Crippen LogP contribution in [0.2, 0.25) is 0 Å². The van der Waals surface area contributed by atoms with Crippen LogP contribution in [0.25, 0.3) is 0 Å². The number of piperidine rings is 1. The van der Waals surface area contributed by atoms with E-state index in [1.165, 1.54) is 12.3 Å². The van der Waals surface area contributed by atoms with Crippen LogP contribution in [-0.2, 0) is 10.0 Å². The number of pyridine rings is 1. The average molecular weight is 281 g/mol. The number of nitrogens with zero attached hydrogens (tertiary/aromatic N) is 2. The third-order valence-corrected chi connectivity index (χ3v) is 5.27. The van der Waals surface area contributed by atoms with Gasteiger partial charge in [0.25, 0.3) is 15.9 Å². The molecule has 3 heterocycles. The van der Waals surface area contributed by atoms with Crippen LogP contribution in [0.4, 0.5) is 0 Å². The molecule has 1 amide bonds. The molecule has 102 valence electrons. The van der Waals surface area contributed by atoms with Crippen molar-refractivity contribution < 1.29 is 13.2 Å². The number of rotatable bonds is 2. The molecule has 19 heavy (non-hydrogen) atoms. The molecule has 1 aromatic rings. The molecule has 0 aromatic carbocycles. The van der Waals surface area contributed by atoms with Gasteiger partial charge in [-0.15, -0.1) is 0 Å². The van der Waals surface area contributed by atoms with Crippen LogP contribution < -0.4 is 5.32 Å². The molecule has 1 atom stereocenters. The predicted octanol–water partition coefficient (Wildman–Crippen LogP) is 0.368. The third-order valence-electron chi connectivity index (χ3n) is 3.56. The van der Waals surface area contributed by atoms with Crippen molar-refractivity contribution in [1.29, 1.82) is 0 Å². The van der Waals surface area contributed by atoms with Gasteiger partial charge in [0.05, 0.1) is 12.1 Å². The molecular weight excluding hydrogens is 266 g/mol. The van der Waals surface area contributed by atoms with Crippen molar-refractivity contribution in [3.8, 4) is 0 Å². The maximum absolute atomic E-state index is 12.3. The van der Waals surface area contributed by atoms with Gasteiger partial charge < -0.3 is 5.32 Å². The molecule has 2 aliphatic heterocycles. The van der Waals surface area contributed by atoms with Crippen molar-refractivity contribution in [1.82, 2.24) is 14.6 Å². The number of carbonyl (C=O) groups excluding carboxylic acids is 1. The second-order valence-electron chi connectivity index (χ2n) is 4.84. The summed E-state index contributed by atoms with van der Waals surface area (Å²) in [4.78, 5) is 16.0. The molecule has 0 spiro atoms. The van der Waals surface area contributed by atoms with Gasteiger partial charge in [0.15, 0.2) is 5.03 Å². The highest BCUT2D eigenvalue weighted by atomic mass is 32.2. The number of nitrogens with one attached hydrogen (secondary N) is 1. The molecule has 0 bridgehead atoms. The van der Waals surface area contributed by atoms with E-state index in [4.69, 9.17) is 0 Å². The van der Waals surface area contributed by atoms with Crippen molar-refractivity contribution in [3.63, 3.8) is 0 Å². The number of fused-ring (bicyclic) bond motifs is 1. The Bertz CT molecular complexity index is 608. The van der Waals surface area contributed by atoms with E-state index in [-0.39, 0.29) is 23.2 Å². The topological polar surface area (TPSA) is 79.4 Å². The molecule has 0 radical (unpaired) electrons. The maximum atomic E-state index is 12.3. The first kappa shape index (κ1) is 12.6. The highest BCUT2D eigenvalue weighted by molar-refractivity contribution is 7.90. The Morgan fingerprint density at radius 2 is 2.26 bits per heavy atom. The quantitative estimate of drug-likeness (QED) is 0.847. The summed E-state index contributed by atoms with van der Waals surface area (Å²) in [5.74, 6) is -0.463. The summed E-state index contributed by atoms with van der Waals surface area (Å²) < 4.78 is 25.5. The molecule has 1 fully saturated rings. The Morgan fingerprint density at radius 1 is 1.42 bits per heavy atom. The first-order valence-corrected chi connectivity index (χ1v) is 7.80. The lowest BCUT2D eigenvalue weighted by atomic mass is 10.1. The minimum absolute atomic E-state index is 0.0433. The monoisotopic (exact) mass is 281 g/mol. The highest BCUT2D eigenvalue weighted by Gasteiger charge is 2.43. The highest BCUT2D eigenvalue weighted by Crippen LogP contribution is 2.28. The number of amides is 1. The Balaban J connectivity index is 1.90. The summed E-state index contributed by atoms with van der Waals surface area (Å²) in [7, 11) is -3.76. The molecule has 1 N–H and O–H groups in total. The van der Waals surface area contributed by atoms with E-state index in [9.17, 15) is 13.2 Å². The van der Waals surface area contributed by atoms with Crippen molar-refractivity contribution in [3.05, 3.63) is 23.9 Å². The summed E-state index contributed by atoms with van der Waals surface area (Å²) >= 11 is 0. The first-order valence-electron chi connectivity index (χ1n) is 6.36. The van der Waals surface area contributed by atoms with E-state index in [1.807, 2.05) is 0 Å². The van der Waals surface area contributed by atoms with Crippen molar-refractivity contribution in [2.75, 3.05) is 13.1 Å². The molecule has 1 aromatic heterocycles. The summed E-state index contributed by atoms with van der Waals surface area (Å²) in [6, 6.07) is 3.13. The van der Waals surface area contributed by atoms with E-state index in [0.717, 1.165) is 30.1 Å². The number of aromatic nitrogens is 1. The van der Waals surface area contributed by atoms with Gasteiger partial charge in [-0.25, -0.2) is 9.29 Å². The van der Waals surface area contributed by atoms with Crippen LogP contribution in [0.3, 0.4) is 0 Å². The van der Waals surface area contributed by atoms with Gasteiger partial charge in [-0.2, -0.15) is 8.42 Å². The van der Waals surface area contributed by atoms with Crippen LogP contribution >= 0.6 is 0 Å². The third kappa shape index (κ3) is 2.02. The Morgan fingerprint density at radius 3 is 2.95 bits per heavy atom. The molecule has 0 saturated carbocycles. The second-order valence-corrected chi connectivity index (χ2v) is 6.62. The summed E-state index contributed by atoms with van der Waals surface area (Å²) in [5.41, 5.74) is 0.179. The summed E-state index contributed by atoms with van der Waals surface area (Å²) in [6.07, 6.45) is 4.44. The smallest absolute Gasteiger partial charge is 0.285 e. The largest absolute Gasteiger partial charge is 0.312 e. The van der Waals surface area contributed by atoms with Gasteiger partial charge >= 0.3 is 0 Å². The zero-order valence-electron chi connectivity index (χ0n) is 10.4. The Hall–Kier alpha value is -1.47. The molecule has 2 aliphatic rings. The molecule has 3 rings (SSSR count). The Labute approximate surface area is 111 Å². The maximum Gasteiger partial charge on any atom is 0.285 e. The second kappa shape index (κ2) is 4.57. The minimum atomic E-state index is -3.76. The number of sulfonamides is 1. The molecule has 6 nitrogen and oxygen atoms in total. The average Bonchev–Trinajstić information content (AvgIpc) is 2.62. The number of hydrogen-bond donors (Lipinski definition) is 1. The van der Waals surface area contributed by atoms with E-state index >= 15 is 0 Å². The van der Waals surface area contributed by atoms with E-state index < -0.39 is 15.9 Å². The SMILES string of the molecule is O=C1c2cccnc2S(=O)(=O)N1CC1CCCCN1. The summed E-state index contributed by atoms with van der Waals surface area (Å²) in [6.45, 7) is 1.06. The van der Waals surface area contributed by atoms with Gasteiger partial charge in [0, 0.05) is 12.2 Å². The summed E-state index contributed by atoms with van der Waals surface area (Å²) in [5, 5.41) is 3.14. The molecule has 0 aliphatic carbocycles. The van der Waals surface area contributed by atoms with Gasteiger partial charge in [0.1, 0.15) is 0 Å². The van der Waals surface area contributed by atoms with Crippen LogP contribution in [0.5, 0.6) is 0 Å². The molecule has 1 saturated heterocycles. The molecule has 7 heteroatoms. The molecule has 1 unspecified atom stereocenters. The standard InChI is InChI=1S/C12H15N3O3S/c16-12-10-5-3-7-14-11(10)19(17,18)15(12)8-9-4-1-2-6-13-9/h3,5,7,9,13H,1-2,4,6,8H2. The van der Waals surface area contributed by atoms with Crippen LogP contribution in [0.1, 0.15) is 29.6 Å². The van der Waals surface area contributed by atoms with E-state index in [0.29, 0.717) is 0 Å². The van der Waals surface area contributed by atoms with Gasteiger partial charge in [-0.05, 0) is 31.5 Å². The van der Waals surface area contributed by atoms with Gasteiger partial charge in [0.2, 0.25) is 0 Å². The Kier molecular flexibility index (Phi) is 3.02. The van der Waals surface area contributed by atoms with Crippen LogP contribution in [0.15, 0.2) is 23.4 Å². The fraction of sp³-hybridized carbons (Fsp3) is 0.500. The van der Waals surface area contributed by atoms with Crippen LogP contribution in [0, 0.1) is 0 Å². The van der Waals surface area contributed by atoms with E-state index in [1.54, 1.807) is 6.07 Å². The van der Waals surface area contributed by atoms with Crippen molar-refractivity contribution in [2.24, 2.45) is 0 Å². The number of carbonyl (C=O) groups is 1. The lowest BCUT2D eigenvalue weighted by Gasteiger charge is -2.27. The number of hydrogen-bond acceptors (Lipinski definition) is 5. The molecular formula is C12H15N3O3S. The fourth-order valence-corrected chi connectivity index (χ4v) is 4.10. The zero-order chi connectivity index (χ0) is 13.5. The predicted molar refractivity (Wildman–Crippen MR) is 68.1 cm³/mol. The van der Waals surface area contributed by atoms with E-state index in [2.05, 4.69) is 10.3 Å². The first-order chi connectivity index (χ1) is 9.10. The minimum Gasteiger partial charge on any atom is -0.312 e. The van der Waals surface area contributed by atoms with Crippen molar-refractivity contribution in [2.45, 2.75) is 30.3 Å². The van der Waals surface area contributed by atoms with Gasteiger partial charge in [-0.3, -0.25) is 4.79 Å². The zero-order valence-corrected chi connectivity index (χ0v) is 11.2.